The van der Waals surface area contributed by atoms with Gasteiger partial charge >= 0.3 is 0 Å². The number of ether oxygens (including phenoxy) is 2. The third-order valence-corrected chi connectivity index (χ3v) is 3.84. The van der Waals surface area contributed by atoms with Gasteiger partial charge in [0.2, 0.25) is 0 Å². The first-order valence-electron chi connectivity index (χ1n) is 6.55. The Morgan fingerprint density at radius 1 is 1.12 bits per heavy atom. The van der Waals surface area contributed by atoms with Crippen molar-refractivity contribution in [3.8, 4) is 0 Å². The molecule has 2 atom stereocenters. The topological polar surface area (TPSA) is 56.5 Å². The second-order valence-corrected chi connectivity index (χ2v) is 4.95. The lowest BCUT2D eigenvalue weighted by atomic mass is 9.87. The average Bonchev–Trinajstić information content (AvgIpc) is 2.38. The van der Waals surface area contributed by atoms with Crippen molar-refractivity contribution in [1.29, 1.82) is 0 Å². The Bertz CT molecular complexity index is 189. The molecule has 0 aromatic heterocycles. The molecule has 2 fully saturated rings. The number of nitrogens with one attached hydrogen (secondary N) is 1. The second-order valence-electron chi connectivity index (χ2n) is 4.95. The summed E-state index contributed by atoms with van der Waals surface area (Å²) >= 11 is 0. The van der Waals surface area contributed by atoms with Crippen LogP contribution in [0, 0.1) is 5.92 Å². The van der Waals surface area contributed by atoms with E-state index in [1.807, 2.05) is 0 Å². The molecule has 2 rings (SSSR count). The molecule has 0 aromatic carbocycles. The zero-order valence-corrected chi connectivity index (χ0v) is 9.99. The highest BCUT2D eigenvalue weighted by molar-refractivity contribution is 4.80. The van der Waals surface area contributed by atoms with Gasteiger partial charge in [-0.05, 0) is 44.4 Å². The largest absolute Gasteiger partial charge is 0.381 e. The highest BCUT2D eigenvalue weighted by Gasteiger charge is 2.26. The van der Waals surface area contributed by atoms with E-state index < -0.39 is 0 Å². The fourth-order valence-corrected chi connectivity index (χ4v) is 2.79. The van der Waals surface area contributed by atoms with Gasteiger partial charge in [0, 0.05) is 25.9 Å². The minimum atomic E-state index is 0.395. The Hall–Kier alpha value is -0.160. The normalized spacial score (nSPS) is 30.2. The molecule has 0 radical (unpaired) electrons. The molecule has 2 aliphatic heterocycles. The standard InChI is InChI=1S/C12H24N2O2/c13-14-12(10-4-7-15-8-5-10)9-11-3-1-2-6-16-11/h10-12,14H,1-9,13H2. The van der Waals surface area contributed by atoms with Crippen LogP contribution in [0.25, 0.3) is 0 Å². The van der Waals surface area contributed by atoms with Crippen molar-refractivity contribution >= 4 is 0 Å². The van der Waals surface area contributed by atoms with Crippen LogP contribution in [-0.2, 0) is 9.47 Å². The van der Waals surface area contributed by atoms with E-state index in [0.717, 1.165) is 39.1 Å². The van der Waals surface area contributed by atoms with Crippen LogP contribution in [0.2, 0.25) is 0 Å². The van der Waals surface area contributed by atoms with Crippen LogP contribution in [0.3, 0.4) is 0 Å². The van der Waals surface area contributed by atoms with Gasteiger partial charge in [0.25, 0.3) is 0 Å². The van der Waals surface area contributed by atoms with Crippen molar-refractivity contribution < 1.29 is 9.47 Å². The molecule has 3 N–H and O–H groups in total. The van der Waals surface area contributed by atoms with Crippen LogP contribution in [0.1, 0.15) is 38.5 Å². The zero-order valence-electron chi connectivity index (χ0n) is 9.99. The van der Waals surface area contributed by atoms with Crippen molar-refractivity contribution in [2.45, 2.75) is 50.7 Å². The lowest BCUT2D eigenvalue weighted by Crippen LogP contribution is -2.45. The Balaban J connectivity index is 1.78. The molecule has 16 heavy (non-hydrogen) atoms. The van der Waals surface area contributed by atoms with Crippen molar-refractivity contribution in [1.82, 2.24) is 5.43 Å². The van der Waals surface area contributed by atoms with E-state index in [4.69, 9.17) is 15.3 Å². The molecular formula is C12H24N2O2. The van der Waals surface area contributed by atoms with E-state index in [-0.39, 0.29) is 0 Å². The lowest BCUT2D eigenvalue weighted by Gasteiger charge is -2.33. The molecule has 4 heteroatoms. The van der Waals surface area contributed by atoms with Crippen molar-refractivity contribution in [2.75, 3.05) is 19.8 Å². The van der Waals surface area contributed by atoms with Gasteiger partial charge < -0.3 is 9.47 Å². The summed E-state index contributed by atoms with van der Waals surface area (Å²) in [6.07, 6.45) is 7.44. The number of hydrazine groups is 1. The van der Waals surface area contributed by atoms with Crippen LogP contribution >= 0.6 is 0 Å². The summed E-state index contributed by atoms with van der Waals surface area (Å²) in [5.74, 6) is 6.33. The average molecular weight is 228 g/mol. The molecule has 0 spiro atoms. The van der Waals surface area contributed by atoms with Crippen LogP contribution in [0.15, 0.2) is 0 Å². The SMILES string of the molecule is NNC(CC1CCCCO1)C1CCOCC1. The summed E-state index contributed by atoms with van der Waals surface area (Å²) in [5.41, 5.74) is 2.98. The summed E-state index contributed by atoms with van der Waals surface area (Å²) in [6.45, 7) is 2.69. The number of rotatable bonds is 4. The third kappa shape index (κ3) is 3.42. The maximum atomic E-state index is 5.77. The molecule has 2 unspecified atom stereocenters. The van der Waals surface area contributed by atoms with Gasteiger partial charge in [0.1, 0.15) is 0 Å². The Labute approximate surface area is 97.8 Å². The molecule has 2 heterocycles. The minimum Gasteiger partial charge on any atom is -0.381 e. The Kier molecular flexibility index (Phi) is 5.03. The van der Waals surface area contributed by atoms with E-state index in [1.54, 1.807) is 0 Å². The first-order valence-corrected chi connectivity index (χ1v) is 6.55. The van der Waals surface area contributed by atoms with Gasteiger partial charge in [-0.15, -0.1) is 0 Å². The fourth-order valence-electron chi connectivity index (χ4n) is 2.79. The van der Waals surface area contributed by atoms with Crippen LogP contribution in [-0.4, -0.2) is 32.0 Å². The van der Waals surface area contributed by atoms with Gasteiger partial charge in [0.15, 0.2) is 0 Å². The van der Waals surface area contributed by atoms with Crippen molar-refractivity contribution in [3.05, 3.63) is 0 Å². The van der Waals surface area contributed by atoms with Crippen LogP contribution in [0.4, 0.5) is 0 Å². The van der Waals surface area contributed by atoms with Gasteiger partial charge in [-0.3, -0.25) is 11.3 Å². The fraction of sp³-hybridized carbons (Fsp3) is 1.00. The maximum Gasteiger partial charge on any atom is 0.0590 e. The van der Waals surface area contributed by atoms with Gasteiger partial charge in [-0.2, -0.15) is 0 Å². The van der Waals surface area contributed by atoms with Gasteiger partial charge in [-0.1, -0.05) is 0 Å². The monoisotopic (exact) mass is 228 g/mol. The molecule has 2 saturated heterocycles. The molecule has 0 aliphatic carbocycles. The molecule has 0 bridgehead atoms. The van der Waals surface area contributed by atoms with Crippen molar-refractivity contribution in [3.63, 3.8) is 0 Å². The highest BCUT2D eigenvalue weighted by Crippen LogP contribution is 2.25. The molecule has 2 aliphatic rings. The third-order valence-electron chi connectivity index (χ3n) is 3.84. The lowest BCUT2D eigenvalue weighted by molar-refractivity contribution is -0.00835. The van der Waals surface area contributed by atoms with E-state index in [0.29, 0.717) is 18.1 Å². The van der Waals surface area contributed by atoms with Crippen LogP contribution in [0.5, 0.6) is 0 Å². The maximum absolute atomic E-state index is 5.77. The molecule has 0 aromatic rings. The highest BCUT2D eigenvalue weighted by atomic mass is 16.5. The summed E-state index contributed by atoms with van der Waals surface area (Å²) in [5, 5.41) is 0. The molecular weight excluding hydrogens is 204 g/mol. The first-order chi connectivity index (χ1) is 7.90. The zero-order chi connectivity index (χ0) is 11.2. The quantitative estimate of drug-likeness (QED) is 0.561. The Morgan fingerprint density at radius 3 is 2.56 bits per heavy atom. The summed E-state index contributed by atoms with van der Waals surface area (Å²) < 4.78 is 11.2. The second kappa shape index (κ2) is 6.55. The summed E-state index contributed by atoms with van der Waals surface area (Å²) in [6, 6.07) is 0.395. The summed E-state index contributed by atoms with van der Waals surface area (Å²) in [7, 11) is 0. The number of nitrogens with two attached hydrogens (primary N) is 1. The first kappa shape index (κ1) is 12.3. The van der Waals surface area contributed by atoms with E-state index >= 15 is 0 Å². The van der Waals surface area contributed by atoms with E-state index in [2.05, 4.69) is 5.43 Å². The minimum absolute atomic E-state index is 0.395. The van der Waals surface area contributed by atoms with Crippen molar-refractivity contribution in [2.24, 2.45) is 11.8 Å². The molecule has 0 saturated carbocycles. The molecule has 0 amide bonds. The van der Waals surface area contributed by atoms with Gasteiger partial charge in [-0.25, -0.2) is 0 Å². The Morgan fingerprint density at radius 2 is 1.94 bits per heavy atom. The van der Waals surface area contributed by atoms with E-state index in [1.165, 1.54) is 19.3 Å². The number of hydrogen-bond donors (Lipinski definition) is 2. The predicted molar refractivity (Wildman–Crippen MR) is 62.9 cm³/mol. The smallest absolute Gasteiger partial charge is 0.0590 e. The van der Waals surface area contributed by atoms with E-state index in [9.17, 15) is 0 Å². The summed E-state index contributed by atoms with van der Waals surface area (Å²) in [4.78, 5) is 0. The predicted octanol–water partition coefficient (Wildman–Crippen LogP) is 1.20. The number of hydrogen-bond acceptors (Lipinski definition) is 4. The van der Waals surface area contributed by atoms with Crippen LogP contribution < -0.4 is 11.3 Å². The molecule has 94 valence electrons. The molecule has 4 nitrogen and oxygen atoms in total. The van der Waals surface area contributed by atoms with Gasteiger partial charge in [0.05, 0.1) is 6.10 Å².